The predicted octanol–water partition coefficient (Wildman–Crippen LogP) is 6.07. The molecule has 0 bridgehead atoms. The number of nitrogens with one attached hydrogen (secondary N) is 1. The number of aromatic nitrogens is 2. The smallest absolute Gasteiger partial charge is 0.275 e. The summed E-state index contributed by atoms with van der Waals surface area (Å²) in [6.45, 7) is 4.95. The molecule has 202 valence electrons. The van der Waals surface area contributed by atoms with Gasteiger partial charge in [0, 0.05) is 49.2 Å². The first kappa shape index (κ1) is 26.7. The largest absolute Gasteiger partial charge is 0.378 e. The number of carbonyl (C=O) groups is 1. The molecule has 0 atom stereocenters. The zero-order chi connectivity index (χ0) is 27.6. The molecule has 1 amide bonds. The number of unbranched alkanes of at least 4 members (excludes halogenated alkanes) is 1. The van der Waals surface area contributed by atoms with Crippen molar-refractivity contribution >= 4 is 44.2 Å². The van der Waals surface area contributed by atoms with Crippen LogP contribution in [0, 0.1) is 0 Å². The van der Waals surface area contributed by atoms with E-state index in [0.29, 0.717) is 17.6 Å². The zero-order valence-electron chi connectivity index (χ0n) is 23.9. The van der Waals surface area contributed by atoms with E-state index < -0.39 is 0 Å². The summed E-state index contributed by atoms with van der Waals surface area (Å²) in [5, 5.41) is 7.86. The van der Waals surface area contributed by atoms with Crippen molar-refractivity contribution in [1.29, 1.82) is 0 Å². The first-order valence-electron chi connectivity index (χ1n) is 13.9. The van der Waals surface area contributed by atoms with E-state index in [4.69, 9.17) is 4.98 Å². The quantitative estimate of drug-likeness (QED) is 0.138. The molecule has 4 aromatic carbocycles. The Morgan fingerprint density at radius 1 is 0.872 bits per heavy atom. The first-order valence-corrected chi connectivity index (χ1v) is 13.9. The van der Waals surface area contributed by atoms with Crippen LogP contribution in [0.25, 0.3) is 44.0 Å². The highest BCUT2D eigenvalue weighted by Crippen LogP contribution is 2.37. The second-order valence-corrected chi connectivity index (χ2v) is 11.3. The summed E-state index contributed by atoms with van der Waals surface area (Å²) in [5.41, 5.74) is 4.55. The molecule has 0 fully saturated rings. The monoisotopic (exact) mass is 522 g/mol. The normalized spacial score (nSPS) is 11.9. The Morgan fingerprint density at radius 2 is 1.49 bits per heavy atom. The fourth-order valence-corrected chi connectivity index (χ4v) is 5.64. The number of imidazole rings is 1. The molecule has 0 saturated heterocycles. The van der Waals surface area contributed by atoms with Gasteiger partial charge in [-0.05, 0) is 54.8 Å². The van der Waals surface area contributed by atoms with Crippen molar-refractivity contribution in [3.63, 3.8) is 0 Å². The molecule has 0 saturated carbocycles. The highest BCUT2D eigenvalue weighted by atomic mass is 16.2. The lowest BCUT2D eigenvalue weighted by Crippen LogP contribution is -2.48. The molecule has 0 spiro atoms. The Labute approximate surface area is 231 Å². The molecule has 0 aliphatic carbocycles. The molecule has 6 nitrogen and oxygen atoms in total. The first-order chi connectivity index (χ1) is 18.8. The SMILES string of the molecule is CCNC(=O)C[N+](C)(C)CCCCn1c(-c2ccc(N(C)C)cc2)nc2c3ccccc3c3ccccc3c21. The van der Waals surface area contributed by atoms with E-state index in [1.54, 1.807) is 0 Å². The Kier molecular flexibility index (Phi) is 7.58. The number of hydrogen-bond acceptors (Lipinski definition) is 3. The van der Waals surface area contributed by atoms with Crippen molar-refractivity contribution in [1.82, 2.24) is 14.9 Å². The Balaban J connectivity index is 1.56. The second-order valence-electron chi connectivity index (χ2n) is 11.3. The summed E-state index contributed by atoms with van der Waals surface area (Å²) in [5.74, 6) is 1.12. The van der Waals surface area contributed by atoms with Gasteiger partial charge in [-0.25, -0.2) is 4.98 Å². The minimum atomic E-state index is 0.116. The molecular weight excluding hydrogens is 482 g/mol. The van der Waals surface area contributed by atoms with Crippen molar-refractivity contribution in [3.05, 3.63) is 72.8 Å². The molecule has 0 radical (unpaired) electrons. The molecule has 0 aliphatic heterocycles. The summed E-state index contributed by atoms with van der Waals surface area (Å²) in [7, 11) is 8.40. The summed E-state index contributed by atoms with van der Waals surface area (Å²) in [6.07, 6.45) is 2.03. The molecule has 5 aromatic rings. The van der Waals surface area contributed by atoms with Crippen LogP contribution in [0.2, 0.25) is 0 Å². The van der Waals surface area contributed by atoms with Crippen molar-refractivity contribution in [2.75, 3.05) is 52.7 Å². The van der Waals surface area contributed by atoms with Gasteiger partial charge in [0.2, 0.25) is 0 Å². The van der Waals surface area contributed by atoms with Gasteiger partial charge in [-0.1, -0.05) is 48.5 Å². The third kappa shape index (κ3) is 5.48. The molecule has 1 heterocycles. The Hall–Kier alpha value is -3.90. The standard InChI is InChI=1S/C33H39N5O/c1-6-34-30(39)23-38(4,5)22-12-11-21-37-32-29-16-10-8-14-27(29)26-13-7-9-15-28(26)31(32)35-33(37)24-17-19-25(20-18-24)36(2)3/h7-10,13-20H,6,11-12,21-23H2,1-5H3/p+1. The Morgan fingerprint density at radius 3 is 2.13 bits per heavy atom. The molecule has 39 heavy (non-hydrogen) atoms. The lowest BCUT2D eigenvalue weighted by Gasteiger charge is -2.29. The van der Waals surface area contributed by atoms with Gasteiger partial charge in [-0.2, -0.15) is 0 Å². The third-order valence-electron chi connectivity index (χ3n) is 7.60. The van der Waals surface area contributed by atoms with Gasteiger partial charge in [0.1, 0.15) is 5.82 Å². The maximum Gasteiger partial charge on any atom is 0.275 e. The van der Waals surface area contributed by atoms with Gasteiger partial charge in [0.15, 0.2) is 6.54 Å². The summed E-state index contributed by atoms with van der Waals surface area (Å²) in [6, 6.07) is 26.0. The predicted molar refractivity (Wildman–Crippen MR) is 164 cm³/mol. The van der Waals surface area contributed by atoms with Crippen LogP contribution in [0.1, 0.15) is 19.8 Å². The van der Waals surface area contributed by atoms with E-state index in [0.717, 1.165) is 42.8 Å². The van der Waals surface area contributed by atoms with E-state index in [1.807, 2.05) is 6.92 Å². The van der Waals surface area contributed by atoms with Crippen LogP contribution in [-0.4, -0.2) is 67.8 Å². The van der Waals surface area contributed by atoms with Crippen LogP contribution >= 0.6 is 0 Å². The van der Waals surface area contributed by atoms with Crippen LogP contribution in [0.15, 0.2) is 72.8 Å². The van der Waals surface area contributed by atoms with Crippen molar-refractivity contribution in [2.45, 2.75) is 26.3 Å². The number of carbonyl (C=O) groups excluding carboxylic acids is 1. The highest BCUT2D eigenvalue weighted by molar-refractivity contribution is 6.23. The van der Waals surface area contributed by atoms with E-state index in [9.17, 15) is 4.79 Å². The Bertz CT molecular complexity index is 1610. The maximum atomic E-state index is 12.2. The summed E-state index contributed by atoms with van der Waals surface area (Å²) >= 11 is 0. The number of fused-ring (bicyclic) bond motifs is 6. The van der Waals surface area contributed by atoms with E-state index >= 15 is 0 Å². The number of rotatable bonds is 10. The summed E-state index contributed by atoms with van der Waals surface area (Å²) < 4.78 is 3.11. The van der Waals surface area contributed by atoms with Gasteiger partial charge in [0.05, 0.1) is 31.7 Å². The van der Waals surface area contributed by atoms with Crippen LogP contribution in [0.4, 0.5) is 5.69 Å². The van der Waals surface area contributed by atoms with Crippen molar-refractivity contribution in [2.24, 2.45) is 0 Å². The molecule has 1 aromatic heterocycles. The molecule has 1 N–H and O–H groups in total. The fraction of sp³-hybridized carbons (Fsp3) is 0.333. The molecular formula is C33H40N5O+. The zero-order valence-corrected chi connectivity index (χ0v) is 23.9. The number of quaternary nitrogens is 1. The molecule has 0 aliphatic rings. The number of hydrogen-bond donors (Lipinski definition) is 1. The van der Waals surface area contributed by atoms with Gasteiger partial charge in [-0.15, -0.1) is 0 Å². The van der Waals surface area contributed by atoms with Gasteiger partial charge in [0.25, 0.3) is 5.91 Å². The van der Waals surface area contributed by atoms with Crippen LogP contribution in [0.5, 0.6) is 0 Å². The third-order valence-corrected chi connectivity index (χ3v) is 7.60. The lowest BCUT2D eigenvalue weighted by atomic mass is 10.00. The average molecular weight is 523 g/mol. The minimum Gasteiger partial charge on any atom is -0.378 e. The number of nitrogens with zero attached hydrogens (tertiary/aromatic N) is 4. The van der Waals surface area contributed by atoms with Crippen molar-refractivity contribution in [3.8, 4) is 11.4 Å². The highest BCUT2D eigenvalue weighted by Gasteiger charge is 2.21. The number of amides is 1. The number of benzene rings is 4. The van der Waals surface area contributed by atoms with Gasteiger partial charge >= 0.3 is 0 Å². The number of aryl methyl sites for hydroxylation is 1. The van der Waals surface area contributed by atoms with E-state index in [-0.39, 0.29) is 5.91 Å². The van der Waals surface area contributed by atoms with Gasteiger partial charge in [-0.3, -0.25) is 4.79 Å². The fourth-order valence-electron chi connectivity index (χ4n) is 5.64. The molecule has 5 rings (SSSR count). The van der Waals surface area contributed by atoms with E-state index in [2.05, 4.69) is 116 Å². The summed E-state index contributed by atoms with van der Waals surface area (Å²) in [4.78, 5) is 19.6. The average Bonchev–Trinajstić information content (AvgIpc) is 3.31. The van der Waals surface area contributed by atoms with Crippen LogP contribution < -0.4 is 10.2 Å². The lowest BCUT2D eigenvalue weighted by molar-refractivity contribution is -0.882. The molecule has 0 unspecified atom stereocenters. The topological polar surface area (TPSA) is 50.2 Å². The van der Waals surface area contributed by atoms with Crippen molar-refractivity contribution < 1.29 is 9.28 Å². The van der Waals surface area contributed by atoms with Gasteiger partial charge < -0.3 is 19.3 Å². The van der Waals surface area contributed by atoms with Crippen LogP contribution in [-0.2, 0) is 11.3 Å². The van der Waals surface area contributed by atoms with E-state index in [1.165, 1.54) is 32.7 Å². The molecule has 6 heteroatoms. The number of anilines is 1. The number of likely N-dealkylation sites (N-methyl/N-ethyl adjacent to an activating group) is 2. The second kappa shape index (κ2) is 11.1. The maximum absolute atomic E-state index is 12.2. The van der Waals surface area contributed by atoms with Crippen LogP contribution in [0.3, 0.4) is 0 Å². The minimum absolute atomic E-state index is 0.116.